The molecule has 1 saturated heterocycles. The normalized spacial score (nSPS) is 19.1. The quantitative estimate of drug-likeness (QED) is 0.870. The highest BCUT2D eigenvalue weighted by atomic mass is 19.1. The standard InChI is InChI=1S/C20H22FNO5/c1-25-16-10-13(11-17(26-2)18(16)27-3)19(23)22-9-8-20(24,12-22)14-4-6-15(21)7-5-14/h4-7,10-11,24H,8-9,12H2,1-3H3/t20-/m0/s1. The molecular weight excluding hydrogens is 353 g/mol. The third-order valence-corrected chi connectivity index (χ3v) is 4.83. The zero-order valence-electron chi connectivity index (χ0n) is 15.5. The van der Waals surface area contributed by atoms with Gasteiger partial charge in [0, 0.05) is 12.1 Å². The Morgan fingerprint density at radius 2 is 1.67 bits per heavy atom. The number of carbonyl (C=O) groups excluding carboxylic acids is 1. The molecule has 3 rings (SSSR count). The third-order valence-electron chi connectivity index (χ3n) is 4.83. The van der Waals surface area contributed by atoms with Gasteiger partial charge in [0.15, 0.2) is 11.5 Å². The molecule has 27 heavy (non-hydrogen) atoms. The number of aliphatic hydroxyl groups is 1. The van der Waals surface area contributed by atoms with E-state index in [2.05, 4.69) is 0 Å². The molecule has 0 spiro atoms. The van der Waals surface area contributed by atoms with E-state index in [1.807, 2.05) is 0 Å². The molecule has 1 atom stereocenters. The number of β-amino-alcohol motifs (C(OH)–C–C–N with tert-alkyl or cyclic N) is 1. The topological polar surface area (TPSA) is 68.2 Å². The molecule has 144 valence electrons. The Hall–Kier alpha value is -2.80. The van der Waals surface area contributed by atoms with Crippen LogP contribution in [0.15, 0.2) is 36.4 Å². The molecule has 1 fully saturated rings. The summed E-state index contributed by atoms with van der Waals surface area (Å²) in [4.78, 5) is 14.5. The van der Waals surface area contributed by atoms with E-state index in [0.29, 0.717) is 41.3 Å². The van der Waals surface area contributed by atoms with Gasteiger partial charge < -0.3 is 24.2 Å². The monoisotopic (exact) mass is 375 g/mol. The summed E-state index contributed by atoms with van der Waals surface area (Å²) in [7, 11) is 4.45. The first-order valence-electron chi connectivity index (χ1n) is 8.49. The third kappa shape index (κ3) is 3.55. The Bertz CT molecular complexity index is 814. The Kier molecular flexibility index (Phi) is 5.23. The van der Waals surface area contributed by atoms with Crippen molar-refractivity contribution >= 4 is 5.91 Å². The van der Waals surface area contributed by atoms with Gasteiger partial charge in [0.05, 0.1) is 27.9 Å². The second-order valence-electron chi connectivity index (χ2n) is 6.43. The van der Waals surface area contributed by atoms with Crippen LogP contribution in [0.2, 0.25) is 0 Å². The van der Waals surface area contributed by atoms with Crippen molar-refractivity contribution in [3.63, 3.8) is 0 Å². The number of halogens is 1. The molecule has 0 aliphatic carbocycles. The summed E-state index contributed by atoms with van der Waals surface area (Å²) in [6.07, 6.45) is 0.370. The SMILES string of the molecule is COc1cc(C(=O)N2CC[C@@](O)(c3ccc(F)cc3)C2)cc(OC)c1OC. The molecule has 6 nitrogen and oxygen atoms in total. The van der Waals surface area contributed by atoms with E-state index >= 15 is 0 Å². The number of methoxy groups -OCH3 is 3. The van der Waals surface area contributed by atoms with Gasteiger partial charge in [-0.2, -0.15) is 0 Å². The molecule has 7 heteroatoms. The number of likely N-dealkylation sites (tertiary alicyclic amines) is 1. The predicted octanol–water partition coefficient (Wildman–Crippen LogP) is 2.59. The molecule has 0 bridgehead atoms. The van der Waals surface area contributed by atoms with Crippen molar-refractivity contribution < 1.29 is 28.5 Å². The Morgan fingerprint density at radius 1 is 1.07 bits per heavy atom. The van der Waals surface area contributed by atoms with Crippen LogP contribution in [0.3, 0.4) is 0 Å². The zero-order chi connectivity index (χ0) is 19.6. The molecule has 1 amide bonds. The van der Waals surface area contributed by atoms with Gasteiger partial charge in [-0.05, 0) is 36.2 Å². The summed E-state index contributed by atoms with van der Waals surface area (Å²) in [6, 6.07) is 8.86. The molecule has 1 aliphatic rings. The van der Waals surface area contributed by atoms with E-state index < -0.39 is 5.60 Å². The molecule has 1 N–H and O–H groups in total. The van der Waals surface area contributed by atoms with Crippen LogP contribution in [0.1, 0.15) is 22.3 Å². The van der Waals surface area contributed by atoms with Gasteiger partial charge in [0.25, 0.3) is 5.91 Å². The molecule has 0 aromatic heterocycles. The lowest BCUT2D eigenvalue weighted by molar-refractivity contribution is 0.0416. The first-order chi connectivity index (χ1) is 12.9. The summed E-state index contributed by atoms with van der Waals surface area (Å²) < 4.78 is 29.0. The lowest BCUT2D eigenvalue weighted by atomic mass is 9.93. The van der Waals surface area contributed by atoms with Crippen LogP contribution >= 0.6 is 0 Å². The number of nitrogens with zero attached hydrogens (tertiary/aromatic N) is 1. The maximum absolute atomic E-state index is 13.1. The first-order valence-corrected chi connectivity index (χ1v) is 8.49. The minimum Gasteiger partial charge on any atom is -0.493 e. The number of hydrogen-bond donors (Lipinski definition) is 1. The van der Waals surface area contributed by atoms with Crippen molar-refractivity contribution in [2.45, 2.75) is 12.0 Å². The predicted molar refractivity (Wildman–Crippen MR) is 96.9 cm³/mol. The van der Waals surface area contributed by atoms with E-state index in [0.717, 1.165) is 0 Å². The first kappa shape index (κ1) is 19.0. The van der Waals surface area contributed by atoms with Gasteiger partial charge in [-0.3, -0.25) is 4.79 Å². The highest BCUT2D eigenvalue weighted by molar-refractivity contribution is 5.96. The van der Waals surface area contributed by atoms with Gasteiger partial charge in [0.2, 0.25) is 5.75 Å². The van der Waals surface area contributed by atoms with Crippen LogP contribution in [-0.2, 0) is 5.60 Å². The smallest absolute Gasteiger partial charge is 0.254 e. The average Bonchev–Trinajstić information content (AvgIpc) is 3.09. The maximum Gasteiger partial charge on any atom is 0.254 e. The lowest BCUT2D eigenvalue weighted by Gasteiger charge is -2.24. The second-order valence-corrected chi connectivity index (χ2v) is 6.43. The molecule has 0 unspecified atom stereocenters. The van der Waals surface area contributed by atoms with Crippen molar-refractivity contribution in [2.24, 2.45) is 0 Å². The Balaban J connectivity index is 1.86. The fraction of sp³-hybridized carbons (Fsp3) is 0.350. The second kappa shape index (κ2) is 7.44. The van der Waals surface area contributed by atoms with Crippen molar-refractivity contribution in [3.8, 4) is 17.2 Å². The fourth-order valence-corrected chi connectivity index (χ4v) is 3.35. The number of amides is 1. The molecule has 2 aromatic carbocycles. The molecule has 0 radical (unpaired) electrons. The van der Waals surface area contributed by atoms with E-state index in [9.17, 15) is 14.3 Å². The molecular formula is C20H22FNO5. The summed E-state index contributed by atoms with van der Waals surface area (Å²) in [6.45, 7) is 0.498. The van der Waals surface area contributed by atoms with E-state index in [4.69, 9.17) is 14.2 Å². The highest BCUT2D eigenvalue weighted by Crippen LogP contribution is 2.39. The maximum atomic E-state index is 13.1. The van der Waals surface area contributed by atoms with Crippen LogP contribution < -0.4 is 14.2 Å². The van der Waals surface area contributed by atoms with Gasteiger partial charge >= 0.3 is 0 Å². The number of rotatable bonds is 5. The van der Waals surface area contributed by atoms with Crippen LogP contribution in [0, 0.1) is 5.82 Å². The van der Waals surface area contributed by atoms with Crippen LogP contribution in [0.5, 0.6) is 17.2 Å². The largest absolute Gasteiger partial charge is 0.493 e. The summed E-state index contributed by atoms with van der Waals surface area (Å²) >= 11 is 0. The van der Waals surface area contributed by atoms with E-state index in [1.54, 1.807) is 29.2 Å². The Morgan fingerprint density at radius 3 is 2.19 bits per heavy atom. The zero-order valence-corrected chi connectivity index (χ0v) is 15.5. The van der Waals surface area contributed by atoms with Gasteiger partial charge in [0.1, 0.15) is 11.4 Å². The lowest BCUT2D eigenvalue weighted by Crippen LogP contribution is -2.34. The van der Waals surface area contributed by atoms with Crippen molar-refractivity contribution in [1.29, 1.82) is 0 Å². The van der Waals surface area contributed by atoms with E-state index in [1.165, 1.54) is 33.5 Å². The van der Waals surface area contributed by atoms with E-state index in [-0.39, 0.29) is 18.3 Å². The molecule has 1 aliphatic heterocycles. The summed E-state index contributed by atoms with van der Waals surface area (Å²) in [5.41, 5.74) is -0.249. The number of hydrogen-bond acceptors (Lipinski definition) is 5. The molecule has 0 saturated carbocycles. The minimum absolute atomic E-state index is 0.119. The average molecular weight is 375 g/mol. The van der Waals surface area contributed by atoms with Gasteiger partial charge in [-0.25, -0.2) is 4.39 Å². The summed E-state index contributed by atoms with van der Waals surface area (Å²) in [5, 5.41) is 10.9. The number of carbonyl (C=O) groups is 1. The van der Waals surface area contributed by atoms with Crippen molar-refractivity contribution in [1.82, 2.24) is 4.90 Å². The highest BCUT2D eigenvalue weighted by Gasteiger charge is 2.40. The van der Waals surface area contributed by atoms with Crippen LogP contribution in [0.4, 0.5) is 4.39 Å². The number of ether oxygens (including phenoxy) is 3. The fourth-order valence-electron chi connectivity index (χ4n) is 3.35. The minimum atomic E-state index is -1.20. The van der Waals surface area contributed by atoms with Crippen LogP contribution in [-0.4, -0.2) is 50.3 Å². The molecule has 1 heterocycles. The van der Waals surface area contributed by atoms with Crippen molar-refractivity contribution in [3.05, 3.63) is 53.3 Å². The van der Waals surface area contributed by atoms with Crippen molar-refractivity contribution in [2.75, 3.05) is 34.4 Å². The van der Waals surface area contributed by atoms with Crippen LogP contribution in [0.25, 0.3) is 0 Å². The molecule has 2 aromatic rings. The number of benzene rings is 2. The Labute approximate surface area is 157 Å². The summed E-state index contributed by atoms with van der Waals surface area (Å²) in [5.74, 6) is 0.542. The van der Waals surface area contributed by atoms with Gasteiger partial charge in [-0.1, -0.05) is 12.1 Å². The van der Waals surface area contributed by atoms with Gasteiger partial charge in [-0.15, -0.1) is 0 Å².